The molecule has 1 spiro atoms. The number of alkyl halides is 2. The monoisotopic (exact) mass is 266 g/mol. The molecule has 0 radical (unpaired) electrons. The van der Waals surface area contributed by atoms with Gasteiger partial charge in [0.05, 0.1) is 6.42 Å². The van der Waals surface area contributed by atoms with Crippen LogP contribution in [0.3, 0.4) is 0 Å². The normalized spacial score (nSPS) is 23.4. The van der Waals surface area contributed by atoms with Gasteiger partial charge in [0.15, 0.2) is 0 Å². The van der Waals surface area contributed by atoms with Gasteiger partial charge in [-0.05, 0) is 24.5 Å². The fourth-order valence-electron chi connectivity index (χ4n) is 2.90. The number of piperidine rings is 1. The van der Waals surface area contributed by atoms with Gasteiger partial charge in [-0.25, -0.2) is 8.78 Å². The molecule has 3 nitrogen and oxygen atoms in total. The molecule has 0 aromatic carbocycles. The van der Waals surface area contributed by atoms with Crippen molar-refractivity contribution in [2.75, 3.05) is 13.1 Å². The molecule has 0 unspecified atom stereocenters. The van der Waals surface area contributed by atoms with Crippen LogP contribution in [0.2, 0.25) is 0 Å². The van der Waals surface area contributed by atoms with Gasteiger partial charge < -0.3 is 4.90 Å². The van der Waals surface area contributed by atoms with Crippen LogP contribution < -0.4 is 0 Å². The summed E-state index contributed by atoms with van der Waals surface area (Å²) in [6.07, 6.45) is 4.49. The highest BCUT2D eigenvalue weighted by Gasteiger charge is 2.70. The molecule has 1 amide bonds. The minimum absolute atomic E-state index is 0.00460. The van der Waals surface area contributed by atoms with E-state index in [1.165, 1.54) is 0 Å². The van der Waals surface area contributed by atoms with Gasteiger partial charge in [-0.2, -0.15) is 0 Å². The van der Waals surface area contributed by atoms with E-state index in [0.29, 0.717) is 32.4 Å². The Morgan fingerprint density at radius 2 is 2.05 bits per heavy atom. The fourth-order valence-corrected chi connectivity index (χ4v) is 2.90. The Labute approximate surface area is 110 Å². The van der Waals surface area contributed by atoms with Crippen LogP contribution in [-0.4, -0.2) is 34.8 Å². The number of hydrogen-bond donors (Lipinski definition) is 0. The molecule has 102 valence electrons. The molecule has 1 saturated carbocycles. The maximum absolute atomic E-state index is 13.2. The predicted molar refractivity (Wildman–Crippen MR) is 65.8 cm³/mol. The minimum Gasteiger partial charge on any atom is -0.342 e. The molecular formula is C14H16F2N2O. The molecule has 2 heterocycles. The van der Waals surface area contributed by atoms with Crippen LogP contribution in [0.1, 0.15) is 24.8 Å². The zero-order valence-electron chi connectivity index (χ0n) is 10.6. The van der Waals surface area contributed by atoms with E-state index in [0.717, 1.165) is 5.56 Å². The lowest BCUT2D eigenvalue weighted by Crippen LogP contribution is -2.41. The van der Waals surface area contributed by atoms with Crippen LogP contribution in [0.4, 0.5) is 8.78 Å². The van der Waals surface area contributed by atoms with E-state index in [4.69, 9.17) is 0 Å². The van der Waals surface area contributed by atoms with Crippen molar-refractivity contribution >= 4 is 5.91 Å². The summed E-state index contributed by atoms with van der Waals surface area (Å²) in [6.45, 7) is 0.906. The first-order chi connectivity index (χ1) is 9.02. The Morgan fingerprint density at radius 1 is 1.37 bits per heavy atom. The highest BCUT2D eigenvalue weighted by Crippen LogP contribution is 2.65. The molecule has 2 aliphatic rings. The minimum atomic E-state index is -2.49. The first-order valence-corrected chi connectivity index (χ1v) is 6.57. The number of amides is 1. The lowest BCUT2D eigenvalue weighted by molar-refractivity contribution is -0.132. The molecule has 1 aromatic rings. The second-order valence-corrected chi connectivity index (χ2v) is 5.58. The summed E-state index contributed by atoms with van der Waals surface area (Å²) in [5.41, 5.74) is 0.0717. The van der Waals surface area contributed by atoms with Crippen LogP contribution in [0.25, 0.3) is 0 Å². The van der Waals surface area contributed by atoms with E-state index in [9.17, 15) is 13.6 Å². The molecule has 0 bridgehead atoms. The number of nitrogens with zero attached hydrogens (tertiary/aromatic N) is 2. The topological polar surface area (TPSA) is 33.2 Å². The summed E-state index contributed by atoms with van der Waals surface area (Å²) in [4.78, 5) is 17.7. The number of pyridine rings is 1. The standard InChI is InChI=1S/C14H16F2N2O/c15-14(16)10-13(14)3-6-18(7-4-13)12(19)8-11-2-1-5-17-9-11/h1-2,5,9H,3-4,6-8,10H2. The predicted octanol–water partition coefficient (Wildman–Crippen LogP) is 2.27. The lowest BCUT2D eigenvalue weighted by Gasteiger charge is -2.32. The summed E-state index contributed by atoms with van der Waals surface area (Å²) in [6, 6.07) is 3.64. The molecular weight excluding hydrogens is 250 g/mol. The lowest BCUT2D eigenvalue weighted by atomic mass is 9.92. The van der Waals surface area contributed by atoms with Gasteiger partial charge in [0.2, 0.25) is 5.91 Å². The number of carbonyl (C=O) groups is 1. The fraction of sp³-hybridized carbons (Fsp3) is 0.571. The summed E-state index contributed by atoms with van der Waals surface area (Å²) in [5.74, 6) is -2.49. The summed E-state index contributed by atoms with van der Waals surface area (Å²) >= 11 is 0. The van der Waals surface area contributed by atoms with Crippen LogP contribution in [0, 0.1) is 5.41 Å². The number of aromatic nitrogens is 1. The average molecular weight is 266 g/mol. The van der Waals surface area contributed by atoms with E-state index in [-0.39, 0.29) is 12.3 Å². The van der Waals surface area contributed by atoms with Gasteiger partial charge in [-0.1, -0.05) is 6.07 Å². The quantitative estimate of drug-likeness (QED) is 0.822. The van der Waals surface area contributed by atoms with Crippen molar-refractivity contribution in [1.29, 1.82) is 0 Å². The summed E-state index contributed by atoms with van der Waals surface area (Å²) in [5, 5.41) is 0. The third-order valence-corrected chi connectivity index (χ3v) is 4.36. The van der Waals surface area contributed by atoms with Crippen LogP contribution >= 0.6 is 0 Å². The Bertz CT molecular complexity index is 481. The molecule has 2 fully saturated rings. The molecule has 1 saturated heterocycles. The number of rotatable bonds is 2. The van der Waals surface area contributed by atoms with Gasteiger partial charge in [0, 0.05) is 37.3 Å². The zero-order chi connectivity index (χ0) is 13.5. The van der Waals surface area contributed by atoms with Crippen molar-refractivity contribution in [1.82, 2.24) is 9.88 Å². The smallest absolute Gasteiger partial charge is 0.254 e. The SMILES string of the molecule is O=C(Cc1cccnc1)N1CCC2(CC1)CC2(F)F. The van der Waals surface area contributed by atoms with E-state index >= 15 is 0 Å². The maximum atomic E-state index is 13.2. The first kappa shape index (κ1) is 12.5. The third kappa shape index (κ3) is 2.22. The number of carbonyl (C=O) groups excluding carboxylic acids is 1. The van der Waals surface area contributed by atoms with Gasteiger partial charge >= 0.3 is 0 Å². The van der Waals surface area contributed by atoms with Crippen molar-refractivity contribution in [3.63, 3.8) is 0 Å². The molecule has 0 N–H and O–H groups in total. The molecule has 1 aliphatic carbocycles. The highest BCUT2D eigenvalue weighted by atomic mass is 19.3. The number of likely N-dealkylation sites (tertiary alicyclic amines) is 1. The van der Waals surface area contributed by atoms with Crippen LogP contribution in [0.5, 0.6) is 0 Å². The Balaban J connectivity index is 1.56. The summed E-state index contributed by atoms with van der Waals surface area (Å²) < 4.78 is 26.5. The average Bonchev–Trinajstić information content (AvgIpc) is 2.92. The van der Waals surface area contributed by atoms with Crippen molar-refractivity contribution in [2.45, 2.75) is 31.6 Å². The summed E-state index contributed by atoms with van der Waals surface area (Å²) in [7, 11) is 0. The number of hydrogen-bond acceptors (Lipinski definition) is 2. The highest BCUT2D eigenvalue weighted by molar-refractivity contribution is 5.78. The van der Waals surface area contributed by atoms with Crippen molar-refractivity contribution in [3.05, 3.63) is 30.1 Å². The van der Waals surface area contributed by atoms with Crippen molar-refractivity contribution in [2.24, 2.45) is 5.41 Å². The Morgan fingerprint density at radius 3 is 2.58 bits per heavy atom. The van der Waals surface area contributed by atoms with E-state index in [1.807, 2.05) is 6.07 Å². The molecule has 1 aromatic heterocycles. The van der Waals surface area contributed by atoms with E-state index in [1.54, 1.807) is 23.4 Å². The maximum Gasteiger partial charge on any atom is 0.254 e. The number of halogens is 2. The third-order valence-electron chi connectivity index (χ3n) is 4.36. The van der Waals surface area contributed by atoms with E-state index < -0.39 is 11.3 Å². The second kappa shape index (κ2) is 4.25. The Kier molecular flexibility index (Phi) is 2.80. The van der Waals surface area contributed by atoms with Gasteiger partial charge in [0.1, 0.15) is 0 Å². The largest absolute Gasteiger partial charge is 0.342 e. The molecule has 3 rings (SSSR count). The molecule has 5 heteroatoms. The van der Waals surface area contributed by atoms with Gasteiger partial charge in [0.25, 0.3) is 5.92 Å². The zero-order valence-corrected chi connectivity index (χ0v) is 10.6. The van der Waals surface area contributed by atoms with Crippen LogP contribution in [0.15, 0.2) is 24.5 Å². The van der Waals surface area contributed by atoms with Crippen molar-refractivity contribution < 1.29 is 13.6 Å². The van der Waals surface area contributed by atoms with Gasteiger partial charge in [-0.15, -0.1) is 0 Å². The molecule has 1 aliphatic heterocycles. The van der Waals surface area contributed by atoms with Gasteiger partial charge in [-0.3, -0.25) is 9.78 Å². The van der Waals surface area contributed by atoms with E-state index in [2.05, 4.69) is 4.98 Å². The Hall–Kier alpha value is -1.52. The molecule has 0 atom stereocenters. The van der Waals surface area contributed by atoms with Crippen molar-refractivity contribution in [3.8, 4) is 0 Å². The second-order valence-electron chi connectivity index (χ2n) is 5.58. The first-order valence-electron chi connectivity index (χ1n) is 6.57. The van der Waals surface area contributed by atoms with Crippen LogP contribution in [-0.2, 0) is 11.2 Å². The molecule has 19 heavy (non-hydrogen) atoms.